The smallest absolute Gasteiger partial charge is 0.308 e. The van der Waals surface area contributed by atoms with Crippen molar-refractivity contribution >= 4 is 73.8 Å². The number of imide groups is 1. The van der Waals surface area contributed by atoms with Crippen LogP contribution in [0.4, 0.5) is 21.5 Å². The van der Waals surface area contributed by atoms with Crippen molar-refractivity contribution in [3.8, 4) is 0 Å². The lowest BCUT2D eigenvalue weighted by molar-refractivity contribution is -0.384. The van der Waals surface area contributed by atoms with Crippen molar-refractivity contribution in [1.82, 2.24) is 4.57 Å². The van der Waals surface area contributed by atoms with Crippen molar-refractivity contribution in [2.24, 2.45) is 5.92 Å². The Labute approximate surface area is 253 Å². The lowest BCUT2D eigenvalue weighted by atomic mass is 9.83. The Hall–Kier alpha value is -4.14. The molecule has 0 radical (unpaired) electrons. The van der Waals surface area contributed by atoms with Crippen molar-refractivity contribution in [2.45, 2.75) is 22.7 Å². The topological polar surface area (TPSA) is 132 Å². The number of rotatable bonds is 6. The number of benzene rings is 3. The van der Waals surface area contributed by atoms with Gasteiger partial charge in [0.2, 0.25) is 17.7 Å². The monoisotopic (exact) mass is 668 g/mol. The van der Waals surface area contributed by atoms with Crippen molar-refractivity contribution in [2.75, 3.05) is 10.2 Å². The average molecular weight is 670 g/mol. The van der Waals surface area contributed by atoms with Crippen molar-refractivity contribution in [1.29, 1.82) is 0 Å². The van der Waals surface area contributed by atoms with Gasteiger partial charge in [0.15, 0.2) is 0 Å². The minimum atomic E-state index is -0.908. The molecule has 1 aromatic heterocycles. The summed E-state index contributed by atoms with van der Waals surface area (Å²) in [7, 11) is 0. The number of carbonyl (C=O) groups is 3. The molecule has 0 saturated carbocycles. The number of thioether (sulfide) groups is 1. The van der Waals surface area contributed by atoms with Gasteiger partial charge in [-0.25, -0.2) is 9.29 Å². The van der Waals surface area contributed by atoms with Crippen molar-refractivity contribution in [3.63, 3.8) is 0 Å². The zero-order valence-electron chi connectivity index (χ0n) is 21.2. The molecule has 2 aliphatic rings. The lowest BCUT2D eigenvalue weighted by Gasteiger charge is -2.30. The first-order valence-corrected chi connectivity index (χ1v) is 14.9. The molecule has 3 heterocycles. The number of non-ortho nitro benzene ring substituents is 1. The van der Waals surface area contributed by atoms with E-state index in [1.165, 1.54) is 53.1 Å². The number of anilines is 2. The number of nitro benzene ring substituents is 1. The van der Waals surface area contributed by atoms with Crippen molar-refractivity contribution < 1.29 is 23.7 Å². The van der Waals surface area contributed by atoms with Crippen LogP contribution in [0.1, 0.15) is 16.4 Å². The fourth-order valence-corrected chi connectivity index (χ4v) is 8.18. The molecule has 14 heteroatoms. The van der Waals surface area contributed by atoms with Gasteiger partial charge in [0.1, 0.15) is 17.6 Å². The van der Waals surface area contributed by atoms with Crippen LogP contribution < -0.4 is 15.1 Å². The average Bonchev–Trinajstić information content (AvgIpc) is 3.41. The third-order valence-corrected chi connectivity index (χ3v) is 10.2. The third kappa shape index (κ3) is 4.95. The van der Waals surface area contributed by atoms with Crippen LogP contribution in [0.2, 0.25) is 0 Å². The van der Waals surface area contributed by atoms with Gasteiger partial charge in [0.05, 0.1) is 21.6 Å². The standard InChI is InChI=1S/C28H18BrFN4O6S2/c29-15-3-1-14(2-4-15)21-22-23(26(37)33(25(22)36)18-9-11-19(12-10-18)34(39)40)41-27-24(21)42-28(38)32(27)13-20(35)31-17-7-5-16(30)6-8-17/h1-12,21-23H,13H2,(H,31,35). The normalized spacial score (nSPS) is 19.4. The number of halogens is 2. The SMILES string of the molecule is O=C(Cn1c2c(sc1=O)C(c1ccc(Br)cc1)C1C(=O)N(c3ccc([N+](=O)[O-])cc3)C(=O)C1S2)Nc1ccc(F)cc1. The summed E-state index contributed by atoms with van der Waals surface area (Å²) < 4.78 is 15.4. The molecular formula is C28H18BrFN4O6S2. The maximum Gasteiger partial charge on any atom is 0.308 e. The van der Waals surface area contributed by atoms with E-state index >= 15 is 0 Å². The molecule has 212 valence electrons. The molecule has 2 aliphatic heterocycles. The molecule has 6 rings (SSSR count). The molecule has 3 aromatic carbocycles. The Morgan fingerprint density at radius 2 is 1.64 bits per heavy atom. The molecular weight excluding hydrogens is 651 g/mol. The summed E-state index contributed by atoms with van der Waals surface area (Å²) in [6.45, 7) is -0.353. The highest BCUT2D eigenvalue weighted by molar-refractivity contribution is 9.10. The molecule has 1 N–H and O–H groups in total. The second-order valence-electron chi connectivity index (χ2n) is 9.56. The van der Waals surface area contributed by atoms with E-state index in [0.717, 1.165) is 32.5 Å². The number of fused-ring (bicyclic) bond motifs is 2. The molecule has 4 aromatic rings. The molecule has 1 fully saturated rings. The van der Waals surface area contributed by atoms with Crippen LogP contribution in [0, 0.1) is 21.8 Å². The van der Waals surface area contributed by atoms with Gasteiger partial charge < -0.3 is 5.32 Å². The maximum absolute atomic E-state index is 13.9. The number of thiazole rings is 1. The second-order valence-corrected chi connectivity index (χ2v) is 12.6. The van der Waals surface area contributed by atoms with Gasteiger partial charge in [-0.15, -0.1) is 0 Å². The summed E-state index contributed by atoms with van der Waals surface area (Å²) in [5.41, 5.74) is 1.10. The molecule has 3 amide bonds. The number of amides is 3. The van der Waals surface area contributed by atoms with E-state index in [4.69, 9.17) is 0 Å². The highest BCUT2D eigenvalue weighted by Crippen LogP contribution is 2.54. The van der Waals surface area contributed by atoms with E-state index in [9.17, 15) is 33.7 Å². The molecule has 1 saturated heterocycles. The number of aromatic nitrogens is 1. The Kier molecular flexibility index (Phi) is 7.29. The van der Waals surface area contributed by atoms with Crippen LogP contribution in [-0.2, 0) is 20.9 Å². The summed E-state index contributed by atoms with van der Waals surface area (Å²) in [6.07, 6.45) is 0. The molecule has 10 nitrogen and oxygen atoms in total. The molecule has 0 aliphatic carbocycles. The number of hydrogen-bond acceptors (Lipinski definition) is 8. The predicted octanol–water partition coefficient (Wildman–Crippen LogP) is 5.15. The van der Waals surface area contributed by atoms with Crippen LogP contribution >= 0.6 is 39.0 Å². The molecule has 3 unspecified atom stereocenters. The Bertz CT molecular complexity index is 1810. The molecule has 0 bridgehead atoms. The highest BCUT2D eigenvalue weighted by Gasteiger charge is 2.56. The number of nitro groups is 1. The van der Waals surface area contributed by atoms with Gasteiger partial charge in [-0.05, 0) is 54.1 Å². The minimum Gasteiger partial charge on any atom is -0.325 e. The zero-order chi connectivity index (χ0) is 29.7. The number of nitrogens with zero attached hydrogens (tertiary/aromatic N) is 3. The van der Waals surface area contributed by atoms with Gasteiger partial charge >= 0.3 is 4.87 Å². The van der Waals surface area contributed by atoms with Crippen LogP contribution in [0.5, 0.6) is 0 Å². The summed E-state index contributed by atoms with van der Waals surface area (Å²) in [5.74, 6) is -3.49. The van der Waals surface area contributed by atoms with Gasteiger partial charge in [0, 0.05) is 33.1 Å². The van der Waals surface area contributed by atoms with E-state index in [1.54, 1.807) is 12.1 Å². The van der Waals surface area contributed by atoms with E-state index in [0.29, 0.717) is 21.2 Å². The lowest BCUT2D eigenvalue weighted by Crippen LogP contribution is -2.33. The van der Waals surface area contributed by atoms with Crippen LogP contribution in [-0.4, -0.2) is 32.5 Å². The second kappa shape index (κ2) is 10.9. The minimum absolute atomic E-state index is 0.178. The Morgan fingerprint density at radius 3 is 2.29 bits per heavy atom. The van der Waals surface area contributed by atoms with Crippen molar-refractivity contribution in [3.05, 3.63) is 113 Å². The van der Waals surface area contributed by atoms with Crippen LogP contribution in [0.25, 0.3) is 0 Å². The third-order valence-electron chi connectivity index (χ3n) is 7.03. The quantitative estimate of drug-likeness (QED) is 0.171. The summed E-state index contributed by atoms with van der Waals surface area (Å²) in [6, 6.07) is 17.6. The Balaban J connectivity index is 1.39. The van der Waals surface area contributed by atoms with Crippen LogP contribution in [0.15, 0.2) is 87.1 Å². The van der Waals surface area contributed by atoms with Gasteiger partial charge in [-0.2, -0.15) is 0 Å². The number of hydrogen-bond donors (Lipinski definition) is 1. The first-order valence-electron chi connectivity index (χ1n) is 12.5. The predicted molar refractivity (Wildman–Crippen MR) is 158 cm³/mol. The first-order chi connectivity index (χ1) is 20.1. The fourth-order valence-electron chi connectivity index (χ4n) is 5.14. The van der Waals surface area contributed by atoms with E-state index < -0.39 is 50.4 Å². The van der Waals surface area contributed by atoms with E-state index in [1.807, 2.05) is 12.1 Å². The van der Waals surface area contributed by atoms with E-state index in [2.05, 4.69) is 21.2 Å². The summed E-state index contributed by atoms with van der Waals surface area (Å²) in [5, 5.41) is 13.3. The molecule has 0 spiro atoms. The van der Waals surface area contributed by atoms with E-state index in [-0.39, 0.29) is 17.9 Å². The van der Waals surface area contributed by atoms with Gasteiger partial charge in [-0.3, -0.25) is 33.9 Å². The van der Waals surface area contributed by atoms with Gasteiger partial charge in [-0.1, -0.05) is 51.2 Å². The summed E-state index contributed by atoms with van der Waals surface area (Å²) >= 11 is 5.39. The largest absolute Gasteiger partial charge is 0.325 e. The fraction of sp³-hybridized carbons (Fsp3) is 0.143. The highest BCUT2D eigenvalue weighted by atomic mass is 79.9. The zero-order valence-corrected chi connectivity index (χ0v) is 24.4. The van der Waals surface area contributed by atoms with Gasteiger partial charge in [0.25, 0.3) is 5.69 Å². The maximum atomic E-state index is 13.9. The van der Waals surface area contributed by atoms with Crippen LogP contribution in [0.3, 0.4) is 0 Å². The number of carbonyl (C=O) groups excluding carboxylic acids is 3. The number of nitrogens with one attached hydrogen (secondary N) is 1. The first kappa shape index (κ1) is 28.0. The summed E-state index contributed by atoms with van der Waals surface area (Å²) in [4.78, 5) is 65.5. The molecule has 3 atom stereocenters. The Morgan fingerprint density at radius 1 is 0.976 bits per heavy atom. The molecule has 42 heavy (non-hydrogen) atoms.